The average Bonchev–Trinajstić information content (AvgIpc) is 2.43. The van der Waals surface area contributed by atoms with Crippen molar-refractivity contribution in [2.75, 3.05) is 0 Å². The number of hydrogen-bond donors (Lipinski definition) is 1. The summed E-state index contributed by atoms with van der Waals surface area (Å²) < 4.78 is 0. The van der Waals surface area contributed by atoms with Gasteiger partial charge in [-0.25, -0.2) is 0 Å². The molecule has 0 atom stereocenters. The predicted molar refractivity (Wildman–Crippen MR) is 87.0 cm³/mol. The van der Waals surface area contributed by atoms with E-state index in [2.05, 4.69) is 19.1 Å². The molecule has 0 bridgehead atoms. The largest absolute Gasteiger partial charge is 0.481 e. The fourth-order valence-corrected chi connectivity index (χ4v) is 2.09. The summed E-state index contributed by atoms with van der Waals surface area (Å²) in [5.74, 6) is -0.745. The molecule has 0 fully saturated rings. The summed E-state index contributed by atoms with van der Waals surface area (Å²) in [5, 5.41) is 8.46. The first-order valence-electron chi connectivity index (χ1n) is 8.29. The lowest BCUT2D eigenvalue weighted by Crippen LogP contribution is -1.89. The third kappa shape index (κ3) is 16.9. The zero-order chi connectivity index (χ0) is 14.9. The minimum absolute atomic E-state index is 0.159. The van der Waals surface area contributed by atoms with E-state index in [0.29, 0.717) is 0 Å². The first kappa shape index (κ1) is 18.9. The van der Waals surface area contributed by atoms with E-state index < -0.39 is 5.97 Å². The van der Waals surface area contributed by atoms with E-state index in [0.717, 1.165) is 6.42 Å². The molecule has 0 heterocycles. The number of carbonyl (C=O) groups is 1. The summed E-state index contributed by atoms with van der Waals surface area (Å²) in [5.41, 5.74) is 0. The molecule has 0 aliphatic rings. The Hall–Kier alpha value is -1.05. The Labute approximate surface area is 125 Å². The van der Waals surface area contributed by atoms with Crippen molar-refractivity contribution in [2.24, 2.45) is 0 Å². The molecule has 0 radical (unpaired) electrons. The normalized spacial score (nSPS) is 11.7. The number of carboxylic acids is 1. The molecule has 2 nitrogen and oxygen atoms in total. The molecule has 0 aromatic rings. The van der Waals surface area contributed by atoms with Gasteiger partial charge in [0.05, 0.1) is 6.42 Å². The van der Waals surface area contributed by atoms with Gasteiger partial charge in [0, 0.05) is 0 Å². The lowest BCUT2D eigenvalue weighted by molar-refractivity contribution is -0.136. The quantitative estimate of drug-likeness (QED) is 0.318. The molecular formula is C18H32O2. The number of aliphatic carboxylic acids is 1. The highest BCUT2D eigenvalue weighted by Gasteiger charge is 1.91. The van der Waals surface area contributed by atoms with Crippen LogP contribution in [-0.2, 0) is 4.79 Å². The molecule has 0 rings (SSSR count). The van der Waals surface area contributed by atoms with Crippen molar-refractivity contribution in [3.8, 4) is 0 Å². The molecule has 0 aromatic heterocycles. The van der Waals surface area contributed by atoms with E-state index in [1.165, 1.54) is 64.2 Å². The second-order valence-corrected chi connectivity index (χ2v) is 5.38. The summed E-state index contributed by atoms with van der Waals surface area (Å²) in [6.45, 7) is 2.23. The molecular weight excluding hydrogens is 248 g/mol. The van der Waals surface area contributed by atoms with Crippen LogP contribution in [0.2, 0.25) is 0 Å². The molecule has 0 aromatic carbocycles. The van der Waals surface area contributed by atoms with Gasteiger partial charge in [0.25, 0.3) is 0 Å². The Balaban J connectivity index is 3.11. The molecule has 0 aliphatic heterocycles. The first-order chi connectivity index (χ1) is 9.77. The van der Waals surface area contributed by atoms with Crippen molar-refractivity contribution in [1.82, 2.24) is 0 Å². The Morgan fingerprint density at radius 1 is 0.750 bits per heavy atom. The van der Waals surface area contributed by atoms with E-state index in [1.54, 1.807) is 6.08 Å². The average molecular weight is 280 g/mol. The summed E-state index contributed by atoms with van der Waals surface area (Å²) in [6, 6.07) is 0. The van der Waals surface area contributed by atoms with Gasteiger partial charge in [-0.1, -0.05) is 69.8 Å². The maximum absolute atomic E-state index is 10.3. The number of unbranched alkanes of at least 4 members (excludes halogenated alkanes) is 9. The van der Waals surface area contributed by atoms with Crippen molar-refractivity contribution in [3.05, 3.63) is 24.3 Å². The second kappa shape index (κ2) is 16.0. The summed E-state index contributed by atoms with van der Waals surface area (Å²) >= 11 is 0. The minimum Gasteiger partial charge on any atom is -0.481 e. The van der Waals surface area contributed by atoms with Gasteiger partial charge in [-0.2, -0.15) is 0 Å². The maximum atomic E-state index is 10.3. The van der Waals surface area contributed by atoms with Gasteiger partial charge in [-0.15, -0.1) is 0 Å². The van der Waals surface area contributed by atoms with E-state index >= 15 is 0 Å². The molecule has 0 amide bonds. The fraction of sp³-hybridized carbons (Fsp3) is 0.722. The number of carboxylic acid groups (broad SMARTS) is 1. The summed E-state index contributed by atoms with van der Waals surface area (Å²) in [6.07, 6.45) is 22.4. The molecule has 20 heavy (non-hydrogen) atoms. The van der Waals surface area contributed by atoms with E-state index in [9.17, 15) is 4.79 Å². The fourth-order valence-electron chi connectivity index (χ4n) is 2.09. The number of allylic oxidation sites excluding steroid dienone is 3. The van der Waals surface area contributed by atoms with Crippen molar-refractivity contribution < 1.29 is 9.90 Å². The van der Waals surface area contributed by atoms with Gasteiger partial charge < -0.3 is 5.11 Å². The third-order valence-electron chi connectivity index (χ3n) is 3.34. The van der Waals surface area contributed by atoms with Crippen LogP contribution < -0.4 is 0 Å². The second-order valence-electron chi connectivity index (χ2n) is 5.38. The standard InChI is InChI=1S/C18H32O2/c1-2-3-4-5-6-7-8-9-10-11-12-13-14-15-16-17-18(19)20/h5-6,15-16H,2-4,7-14,17H2,1H3,(H,19,20)/b6-5-,16-15+. The monoisotopic (exact) mass is 280 g/mol. The lowest BCUT2D eigenvalue weighted by atomic mass is 10.1. The smallest absolute Gasteiger partial charge is 0.307 e. The van der Waals surface area contributed by atoms with Crippen LogP contribution in [0.3, 0.4) is 0 Å². The Kier molecular flexibility index (Phi) is 15.2. The van der Waals surface area contributed by atoms with Crippen LogP contribution in [0.5, 0.6) is 0 Å². The highest BCUT2D eigenvalue weighted by atomic mass is 16.4. The van der Waals surface area contributed by atoms with Crippen molar-refractivity contribution in [1.29, 1.82) is 0 Å². The van der Waals surface area contributed by atoms with Crippen LogP contribution in [0, 0.1) is 0 Å². The maximum Gasteiger partial charge on any atom is 0.307 e. The van der Waals surface area contributed by atoms with Crippen LogP contribution in [-0.4, -0.2) is 11.1 Å². The topological polar surface area (TPSA) is 37.3 Å². The zero-order valence-corrected chi connectivity index (χ0v) is 13.2. The van der Waals surface area contributed by atoms with Crippen LogP contribution in [0.4, 0.5) is 0 Å². The van der Waals surface area contributed by atoms with Crippen LogP contribution in [0.15, 0.2) is 24.3 Å². The van der Waals surface area contributed by atoms with E-state index in [4.69, 9.17) is 5.11 Å². The molecule has 0 unspecified atom stereocenters. The van der Waals surface area contributed by atoms with E-state index in [-0.39, 0.29) is 6.42 Å². The number of rotatable bonds is 14. The summed E-state index contributed by atoms with van der Waals surface area (Å²) in [7, 11) is 0. The Morgan fingerprint density at radius 3 is 1.70 bits per heavy atom. The van der Waals surface area contributed by atoms with Crippen molar-refractivity contribution >= 4 is 5.97 Å². The van der Waals surface area contributed by atoms with Crippen molar-refractivity contribution in [3.63, 3.8) is 0 Å². The Morgan fingerprint density at radius 2 is 1.20 bits per heavy atom. The SMILES string of the molecule is CCCC/C=C\CCCCCCCC/C=C/CC(=O)O. The lowest BCUT2D eigenvalue weighted by Gasteiger charge is -1.99. The van der Waals surface area contributed by atoms with Gasteiger partial charge in [-0.3, -0.25) is 4.79 Å². The van der Waals surface area contributed by atoms with Crippen LogP contribution >= 0.6 is 0 Å². The molecule has 0 saturated carbocycles. The van der Waals surface area contributed by atoms with Gasteiger partial charge in [0.2, 0.25) is 0 Å². The zero-order valence-electron chi connectivity index (χ0n) is 13.2. The third-order valence-corrected chi connectivity index (χ3v) is 3.34. The minimum atomic E-state index is -0.745. The highest BCUT2D eigenvalue weighted by Crippen LogP contribution is 2.09. The molecule has 1 N–H and O–H groups in total. The summed E-state index contributed by atoms with van der Waals surface area (Å²) in [4.78, 5) is 10.3. The molecule has 0 spiro atoms. The van der Waals surface area contributed by atoms with E-state index in [1.807, 2.05) is 6.08 Å². The van der Waals surface area contributed by atoms with Gasteiger partial charge >= 0.3 is 5.97 Å². The van der Waals surface area contributed by atoms with Crippen LogP contribution in [0.25, 0.3) is 0 Å². The predicted octanol–water partition coefficient (Wildman–Crippen LogP) is 5.88. The first-order valence-corrected chi connectivity index (χ1v) is 8.29. The van der Waals surface area contributed by atoms with Gasteiger partial charge in [0.1, 0.15) is 0 Å². The number of hydrogen-bond acceptors (Lipinski definition) is 1. The highest BCUT2D eigenvalue weighted by molar-refractivity contribution is 5.68. The Bertz CT molecular complexity index is 267. The molecule has 2 heteroatoms. The molecule has 0 aliphatic carbocycles. The van der Waals surface area contributed by atoms with Crippen LogP contribution in [0.1, 0.15) is 84.0 Å². The van der Waals surface area contributed by atoms with Gasteiger partial charge in [-0.05, 0) is 32.1 Å². The van der Waals surface area contributed by atoms with Crippen molar-refractivity contribution in [2.45, 2.75) is 84.0 Å². The van der Waals surface area contributed by atoms with Gasteiger partial charge in [0.15, 0.2) is 0 Å². The molecule has 0 saturated heterocycles. The molecule has 116 valence electrons.